The standard InChI is InChI=1S/C23H25F3O5S/c1-21(2)10-11-22(3,4)17-12-14(6-8-16(17)21)19-18(30-5)9-7-15(13-27)20(19)31-32(28,29)23(24,25)26/h6-9,12-13H,10-11H2,1-5H3. The van der Waals surface area contributed by atoms with E-state index in [-0.39, 0.29) is 34.0 Å². The lowest BCUT2D eigenvalue weighted by molar-refractivity contribution is -0.0500. The van der Waals surface area contributed by atoms with Gasteiger partial charge < -0.3 is 8.92 Å². The molecule has 0 saturated heterocycles. The van der Waals surface area contributed by atoms with Gasteiger partial charge in [0.05, 0.1) is 18.2 Å². The highest BCUT2D eigenvalue weighted by atomic mass is 32.2. The van der Waals surface area contributed by atoms with Gasteiger partial charge in [-0.25, -0.2) is 0 Å². The molecule has 1 aliphatic carbocycles. The Kier molecular flexibility index (Phi) is 5.87. The summed E-state index contributed by atoms with van der Waals surface area (Å²) in [5, 5.41) is 0. The fraction of sp³-hybridized carbons (Fsp3) is 0.435. The predicted molar refractivity (Wildman–Crippen MR) is 115 cm³/mol. The number of benzene rings is 2. The first kappa shape index (κ1) is 24.1. The molecule has 2 aromatic carbocycles. The van der Waals surface area contributed by atoms with E-state index >= 15 is 0 Å². The molecule has 0 spiro atoms. The van der Waals surface area contributed by atoms with Crippen LogP contribution in [0, 0.1) is 0 Å². The summed E-state index contributed by atoms with van der Waals surface area (Å²) in [6, 6.07) is 7.93. The Morgan fingerprint density at radius 2 is 1.56 bits per heavy atom. The SMILES string of the molecule is COc1ccc(C=O)c(OS(=O)(=O)C(F)(F)F)c1-c1ccc2c(c1)C(C)(C)CCC2(C)C. The van der Waals surface area contributed by atoms with E-state index in [4.69, 9.17) is 4.74 Å². The zero-order valence-corrected chi connectivity index (χ0v) is 19.3. The van der Waals surface area contributed by atoms with E-state index in [2.05, 4.69) is 31.9 Å². The predicted octanol–water partition coefficient (Wildman–Crippen LogP) is 5.75. The molecular formula is C23H25F3O5S. The number of hydrogen-bond acceptors (Lipinski definition) is 5. The molecular weight excluding hydrogens is 445 g/mol. The zero-order valence-electron chi connectivity index (χ0n) is 18.5. The maximum absolute atomic E-state index is 13.1. The van der Waals surface area contributed by atoms with Gasteiger partial charge in [-0.05, 0) is 52.5 Å². The highest BCUT2D eigenvalue weighted by molar-refractivity contribution is 7.88. The van der Waals surface area contributed by atoms with Crippen LogP contribution in [-0.2, 0) is 20.9 Å². The third-order valence-corrected chi connectivity index (χ3v) is 7.07. The Morgan fingerprint density at radius 1 is 0.969 bits per heavy atom. The van der Waals surface area contributed by atoms with Crippen molar-refractivity contribution < 1.29 is 35.3 Å². The molecule has 9 heteroatoms. The van der Waals surface area contributed by atoms with Crippen molar-refractivity contribution in [3.8, 4) is 22.6 Å². The molecule has 0 aromatic heterocycles. The highest BCUT2D eigenvalue weighted by Gasteiger charge is 2.49. The molecule has 32 heavy (non-hydrogen) atoms. The molecule has 2 aromatic rings. The molecule has 174 valence electrons. The third-order valence-electron chi connectivity index (χ3n) is 6.11. The number of halogens is 3. The summed E-state index contributed by atoms with van der Waals surface area (Å²) in [5.74, 6) is -0.639. The van der Waals surface area contributed by atoms with Crippen molar-refractivity contribution in [2.75, 3.05) is 7.11 Å². The first-order chi connectivity index (χ1) is 14.6. The van der Waals surface area contributed by atoms with Crippen molar-refractivity contribution in [2.45, 2.75) is 56.9 Å². The molecule has 0 fully saturated rings. The Hall–Kier alpha value is -2.55. The van der Waals surface area contributed by atoms with Crippen molar-refractivity contribution in [3.63, 3.8) is 0 Å². The summed E-state index contributed by atoms with van der Waals surface area (Å²) in [6.07, 6.45) is 2.11. The molecule has 5 nitrogen and oxygen atoms in total. The summed E-state index contributed by atoms with van der Waals surface area (Å²) in [7, 11) is -4.71. The smallest absolute Gasteiger partial charge is 0.496 e. The fourth-order valence-electron chi connectivity index (χ4n) is 4.11. The molecule has 0 aliphatic heterocycles. The maximum atomic E-state index is 13.1. The van der Waals surface area contributed by atoms with Crippen LogP contribution in [0.4, 0.5) is 13.2 Å². The van der Waals surface area contributed by atoms with E-state index in [1.165, 1.54) is 13.2 Å². The topological polar surface area (TPSA) is 69.7 Å². The van der Waals surface area contributed by atoms with Gasteiger partial charge in [0.2, 0.25) is 0 Å². The van der Waals surface area contributed by atoms with Crippen LogP contribution in [0.5, 0.6) is 11.5 Å². The second-order valence-corrected chi connectivity index (χ2v) is 10.7. The van der Waals surface area contributed by atoms with Crippen LogP contribution in [0.15, 0.2) is 30.3 Å². The average molecular weight is 471 g/mol. The third kappa shape index (κ3) is 4.10. The maximum Gasteiger partial charge on any atom is 0.534 e. The normalized spacial score (nSPS) is 17.4. The van der Waals surface area contributed by atoms with E-state index < -0.39 is 21.4 Å². The number of carbonyl (C=O) groups is 1. The molecule has 0 unspecified atom stereocenters. The molecule has 1 aliphatic rings. The lowest BCUT2D eigenvalue weighted by atomic mass is 9.63. The Bertz CT molecular complexity index is 1160. The molecule has 0 N–H and O–H groups in total. The van der Waals surface area contributed by atoms with Crippen LogP contribution in [-0.4, -0.2) is 27.3 Å². The monoisotopic (exact) mass is 470 g/mol. The summed E-state index contributed by atoms with van der Waals surface area (Å²) >= 11 is 0. The van der Waals surface area contributed by atoms with Crippen LogP contribution in [0.1, 0.15) is 62.0 Å². The van der Waals surface area contributed by atoms with Crippen molar-refractivity contribution in [1.29, 1.82) is 0 Å². The van der Waals surface area contributed by atoms with Crippen LogP contribution in [0.25, 0.3) is 11.1 Å². The minimum Gasteiger partial charge on any atom is -0.496 e. The molecule has 0 radical (unpaired) electrons. The number of rotatable bonds is 5. The number of aldehydes is 1. The number of alkyl halides is 3. The minimum absolute atomic E-state index is 0.0353. The lowest BCUT2D eigenvalue weighted by Crippen LogP contribution is -2.33. The largest absolute Gasteiger partial charge is 0.534 e. The van der Waals surface area contributed by atoms with Gasteiger partial charge in [0.25, 0.3) is 0 Å². The number of ether oxygens (including phenoxy) is 1. The summed E-state index contributed by atoms with van der Waals surface area (Å²) in [5.41, 5.74) is -3.86. The number of hydrogen-bond donors (Lipinski definition) is 0. The fourth-order valence-corrected chi connectivity index (χ4v) is 4.60. The van der Waals surface area contributed by atoms with E-state index in [0.717, 1.165) is 30.0 Å². The van der Waals surface area contributed by atoms with E-state index in [1.54, 1.807) is 6.07 Å². The summed E-state index contributed by atoms with van der Waals surface area (Å²) in [6.45, 7) is 8.41. The molecule has 3 rings (SSSR count). The van der Waals surface area contributed by atoms with Crippen LogP contribution in [0.2, 0.25) is 0 Å². The molecule has 0 bridgehead atoms. The van der Waals surface area contributed by atoms with Gasteiger partial charge in [0, 0.05) is 0 Å². The van der Waals surface area contributed by atoms with Crippen LogP contribution < -0.4 is 8.92 Å². The average Bonchev–Trinajstić information content (AvgIpc) is 2.69. The van der Waals surface area contributed by atoms with Gasteiger partial charge >= 0.3 is 15.6 Å². The molecule has 0 saturated carbocycles. The second-order valence-electron chi connectivity index (χ2n) is 9.19. The quantitative estimate of drug-likeness (QED) is 0.316. The number of carbonyl (C=O) groups excluding carboxylic acids is 1. The molecule has 0 heterocycles. The van der Waals surface area contributed by atoms with Gasteiger partial charge in [0.1, 0.15) is 5.75 Å². The van der Waals surface area contributed by atoms with Crippen molar-refractivity contribution in [1.82, 2.24) is 0 Å². The van der Waals surface area contributed by atoms with Crippen LogP contribution >= 0.6 is 0 Å². The van der Waals surface area contributed by atoms with Crippen LogP contribution in [0.3, 0.4) is 0 Å². The summed E-state index contributed by atoms with van der Waals surface area (Å²) in [4.78, 5) is 11.6. The second kappa shape index (κ2) is 7.79. The number of methoxy groups -OCH3 is 1. The van der Waals surface area contributed by atoms with Gasteiger partial charge in [-0.3, -0.25) is 4.79 Å². The Labute approximate surface area is 185 Å². The lowest BCUT2D eigenvalue weighted by Gasteiger charge is -2.42. The Morgan fingerprint density at radius 3 is 2.09 bits per heavy atom. The van der Waals surface area contributed by atoms with Gasteiger partial charge in [-0.1, -0.05) is 45.9 Å². The minimum atomic E-state index is -6.01. The molecule has 0 amide bonds. The number of fused-ring (bicyclic) bond motifs is 1. The molecule has 0 atom stereocenters. The van der Waals surface area contributed by atoms with Gasteiger partial charge in [-0.15, -0.1) is 0 Å². The van der Waals surface area contributed by atoms with E-state index in [9.17, 15) is 26.4 Å². The van der Waals surface area contributed by atoms with Crippen molar-refractivity contribution in [2.24, 2.45) is 0 Å². The first-order valence-corrected chi connectivity index (χ1v) is 11.4. The van der Waals surface area contributed by atoms with E-state index in [0.29, 0.717) is 5.56 Å². The van der Waals surface area contributed by atoms with Crippen molar-refractivity contribution in [3.05, 3.63) is 47.0 Å². The van der Waals surface area contributed by atoms with Gasteiger partial charge in [-0.2, -0.15) is 21.6 Å². The first-order valence-electron chi connectivity index (χ1n) is 9.97. The summed E-state index contributed by atoms with van der Waals surface area (Å²) < 4.78 is 72.5. The van der Waals surface area contributed by atoms with Crippen molar-refractivity contribution >= 4 is 16.4 Å². The Balaban J connectivity index is 2.32. The van der Waals surface area contributed by atoms with Gasteiger partial charge in [0.15, 0.2) is 12.0 Å². The highest BCUT2D eigenvalue weighted by Crippen LogP contribution is 2.49. The zero-order chi connectivity index (χ0) is 24.1. The van der Waals surface area contributed by atoms with E-state index in [1.807, 2.05) is 12.1 Å².